The van der Waals surface area contributed by atoms with Crippen LogP contribution in [0.5, 0.6) is 5.75 Å². The first-order chi connectivity index (χ1) is 13.4. The number of amides is 1. The van der Waals surface area contributed by atoms with Gasteiger partial charge in [-0.3, -0.25) is 18.8 Å². The zero-order chi connectivity index (χ0) is 20.3. The number of carbonyl (C=O) groups excluding carboxylic acids is 1. The van der Waals surface area contributed by atoms with Crippen molar-refractivity contribution >= 4 is 16.9 Å². The number of ether oxygens (including phenoxy) is 1. The van der Waals surface area contributed by atoms with Gasteiger partial charge in [-0.2, -0.15) is 5.10 Å². The molecule has 148 valence electrons. The fraction of sp³-hybridized carbons (Fsp3) is 0.368. The van der Waals surface area contributed by atoms with E-state index in [2.05, 4.69) is 15.4 Å². The van der Waals surface area contributed by atoms with E-state index >= 15 is 0 Å². The van der Waals surface area contributed by atoms with Crippen LogP contribution in [0.2, 0.25) is 0 Å². The minimum Gasteiger partial charge on any atom is -0.497 e. The van der Waals surface area contributed by atoms with Crippen LogP contribution < -0.4 is 15.6 Å². The third-order valence-electron chi connectivity index (χ3n) is 4.65. The maximum atomic E-state index is 12.5. The molecule has 1 aromatic carbocycles. The van der Waals surface area contributed by atoms with Crippen molar-refractivity contribution in [3.63, 3.8) is 0 Å². The number of hydrogen-bond donors (Lipinski definition) is 1. The number of aryl methyl sites for hydroxylation is 1. The van der Waals surface area contributed by atoms with E-state index in [1.165, 1.54) is 21.8 Å². The van der Waals surface area contributed by atoms with Crippen molar-refractivity contribution < 1.29 is 9.53 Å². The third-order valence-corrected chi connectivity index (χ3v) is 4.65. The highest BCUT2D eigenvalue weighted by Crippen LogP contribution is 2.20. The number of nitrogens with zero attached hydrogens (tertiary/aromatic N) is 5. The Balaban J connectivity index is 1.68. The molecule has 1 amide bonds. The van der Waals surface area contributed by atoms with Crippen LogP contribution in [0.25, 0.3) is 11.0 Å². The van der Waals surface area contributed by atoms with Crippen LogP contribution in [0, 0.1) is 0 Å². The van der Waals surface area contributed by atoms with Crippen LogP contribution in [0.15, 0.2) is 41.6 Å². The highest BCUT2D eigenvalue weighted by Gasteiger charge is 2.16. The maximum absolute atomic E-state index is 12.5. The Labute approximate surface area is 162 Å². The number of nitrogens with one attached hydrogen (secondary N) is 1. The van der Waals surface area contributed by atoms with Gasteiger partial charge in [0.2, 0.25) is 5.91 Å². The maximum Gasteiger partial charge on any atom is 0.264 e. The lowest BCUT2D eigenvalue weighted by Gasteiger charge is -2.25. The largest absolute Gasteiger partial charge is 0.497 e. The molecule has 0 fully saturated rings. The molecule has 3 rings (SSSR count). The fourth-order valence-electron chi connectivity index (χ4n) is 3.02. The summed E-state index contributed by atoms with van der Waals surface area (Å²) in [7, 11) is 7.24. The molecule has 0 aliphatic carbocycles. The normalized spacial score (nSPS) is 12.3. The van der Waals surface area contributed by atoms with E-state index in [1.807, 2.05) is 43.3 Å². The predicted octanol–water partition coefficient (Wildman–Crippen LogP) is 0.558. The molecule has 9 nitrogen and oxygen atoms in total. The molecule has 28 heavy (non-hydrogen) atoms. The summed E-state index contributed by atoms with van der Waals surface area (Å²) in [5, 5.41) is 7.32. The minimum absolute atomic E-state index is 0.00879. The number of aromatic nitrogens is 4. The van der Waals surface area contributed by atoms with E-state index in [0.717, 1.165) is 11.3 Å². The zero-order valence-corrected chi connectivity index (χ0v) is 16.4. The van der Waals surface area contributed by atoms with Crippen LogP contribution in [0.1, 0.15) is 11.6 Å². The Morgan fingerprint density at radius 2 is 2.00 bits per heavy atom. The van der Waals surface area contributed by atoms with Crippen molar-refractivity contribution in [1.82, 2.24) is 29.5 Å². The first-order valence-corrected chi connectivity index (χ1v) is 8.85. The number of fused-ring (bicyclic) bond motifs is 1. The number of benzene rings is 1. The smallest absolute Gasteiger partial charge is 0.264 e. The molecule has 0 bridgehead atoms. The van der Waals surface area contributed by atoms with Crippen LogP contribution >= 0.6 is 0 Å². The van der Waals surface area contributed by atoms with Crippen molar-refractivity contribution in [2.75, 3.05) is 27.7 Å². The summed E-state index contributed by atoms with van der Waals surface area (Å²) in [5.74, 6) is 0.524. The highest BCUT2D eigenvalue weighted by atomic mass is 16.5. The van der Waals surface area contributed by atoms with E-state index < -0.39 is 0 Å². The quantitative estimate of drug-likeness (QED) is 0.640. The van der Waals surface area contributed by atoms with Gasteiger partial charge in [-0.05, 0) is 31.8 Å². The van der Waals surface area contributed by atoms with E-state index in [-0.39, 0.29) is 24.1 Å². The summed E-state index contributed by atoms with van der Waals surface area (Å²) in [6, 6.07) is 7.72. The van der Waals surface area contributed by atoms with Gasteiger partial charge in [0.25, 0.3) is 5.56 Å². The molecule has 1 N–H and O–H groups in total. The first-order valence-electron chi connectivity index (χ1n) is 8.85. The lowest BCUT2D eigenvalue weighted by atomic mass is 10.1. The van der Waals surface area contributed by atoms with E-state index in [0.29, 0.717) is 17.6 Å². The van der Waals surface area contributed by atoms with Gasteiger partial charge in [0, 0.05) is 13.6 Å². The lowest BCUT2D eigenvalue weighted by Crippen LogP contribution is -2.37. The molecule has 1 atom stereocenters. The van der Waals surface area contributed by atoms with Crippen molar-refractivity contribution in [3.05, 3.63) is 52.7 Å². The van der Waals surface area contributed by atoms with Gasteiger partial charge in [-0.15, -0.1) is 0 Å². The molecule has 2 heterocycles. The van der Waals surface area contributed by atoms with Gasteiger partial charge in [0.05, 0.1) is 19.3 Å². The molecule has 2 aromatic heterocycles. The summed E-state index contributed by atoms with van der Waals surface area (Å²) in [4.78, 5) is 31.1. The van der Waals surface area contributed by atoms with Crippen LogP contribution in [-0.2, 0) is 18.4 Å². The van der Waals surface area contributed by atoms with Crippen molar-refractivity contribution in [1.29, 1.82) is 0 Å². The second kappa shape index (κ2) is 8.22. The highest BCUT2D eigenvalue weighted by molar-refractivity contribution is 5.77. The molecular formula is C19H24N6O3. The third kappa shape index (κ3) is 4.04. The molecule has 0 saturated heterocycles. The van der Waals surface area contributed by atoms with E-state index in [1.54, 1.807) is 14.2 Å². The number of carbonyl (C=O) groups is 1. The molecule has 0 radical (unpaired) electrons. The standard InChI is InChI=1S/C19H24N6O3/c1-23(2)16(13-5-7-14(28-4)8-6-13)10-20-17(26)11-25-12-21-18-15(19(25)27)9-22-24(18)3/h5-9,12,16H,10-11H2,1-4H3,(H,20,26). The van der Waals surface area contributed by atoms with Crippen LogP contribution in [0.3, 0.4) is 0 Å². The fourth-order valence-corrected chi connectivity index (χ4v) is 3.02. The van der Waals surface area contributed by atoms with E-state index in [9.17, 15) is 9.59 Å². The number of hydrogen-bond acceptors (Lipinski definition) is 6. The average Bonchev–Trinajstić information content (AvgIpc) is 3.06. The SMILES string of the molecule is COc1ccc(C(CNC(=O)Cn2cnc3c(cnn3C)c2=O)N(C)C)cc1. The van der Waals surface area contributed by atoms with E-state index in [4.69, 9.17) is 4.74 Å². The summed E-state index contributed by atoms with van der Waals surface area (Å²) in [6.45, 7) is 0.314. The minimum atomic E-state index is -0.285. The second-order valence-corrected chi connectivity index (χ2v) is 6.74. The monoisotopic (exact) mass is 384 g/mol. The van der Waals surface area contributed by atoms with Crippen LogP contribution in [0.4, 0.5) is 0 Å². The lowest BCUT2D eigenvalue weighted by molar-refractivity contribution is -0.121. The summed E-state index contributed by atoms with van der Waals surface area (Å²) in [5.41, 5.74) is 1.27. The number of likely N-dealkylation sites (N-methyl/N-ethyl adjacent to an activating group) is 1. The molecule has 0 spiro atoms. The predicted molar refractivity (Wildman–Crippen MR) is 105 cm³/mol. The number of methoxy groups -OCH3 is 1. The van der Waals surface area contributed by atoms with Gasteiger partial charge in [0.1, 0.15) is 24.0 Å². The Morgan fingerprint density at radius 1 is 1.29 bits per heavy atom. The Bertz CT molecular complexity index is 1020. The molecular weight excluding hydrogens is 360 g/mol. The van der Waals surface area contributed by atoms with Gasteiger partial charge < -0.3 is 15.0 Å². The molecule has 1 unspecified atom stereocenters. The molecule has 3 aromatic rings. The molecule has 0 saturated carbocycles. The zero-order valence-electron chi connectivity index (χ0n) is 16.4. The first kappa shape index (κ1) is 19.6. The topological polar surface area (TPSA) is 94.3 Å². The van der Waals surface area contributed by atoms with Gasteiger partial charge >= 0.3 is 0 Å². The Hall–Kier alpha value is -3.20. The molecule has 0 aliphatic rings. The second-order valence-electron chi connectivity index (χ2n) is 6.74. The van der Waals surface area contributed by atoms with Crippen molar-refractivity contribution in [3.8, 4) is 5.75 Å². The molecule has 0 aliphatic heterocycles. The summed E-state index contributed by atoms with van der Waals surface area (Å²) < 4.78 is 8.00. The van der Waals surface area contributed by atoms with Crippen molar-refractivity contribution in [2.24, 2.45) is 7.05 Å². The Morgan fingerprint density at radius 3 is 2.64 bits per heavy atom. The summed E-state index contributed by atoms with van der Waals surface area (Å²) in [6.07, 6.45) is 2.84. The van der Waals surface area contributed by atoms with Crippen LogP contribution in [-0.4, -0.2) is 57.9 Å². The molecule has 9 heteroatoms. The van der Waals surface area contributed by atoms with Gasteiger partial charge in [-0.25, -0.2) is 4.98 Å². The van der Waals surface area contributed by atoms with Crippen molar-refractivity contribution in [2.45, 2.75) is 12.6 Å². The summed E-state index contributed by atoms with van der Waals surface area (Å²) >= 11 is 0. The van der Waals surface area contributed by atoms with Gasteiger partial charge in [-0.1, -0.05) is 12.1 Å². The average molecular weight is 384 g/mol. The van der Waals surface area contributed by atoms with Gasteiger partial charge in [0.15, 0.2) is 5.65 Å². The Kier molecular flexibility index (Phi) is 5.74. The number of rotatable bonds is 7.